The van der Waals surface area contributed by atoms with Gasteiger partial charge in [0.2, 0.25) is 0 Å². The molecule has 0 aliphatic heterocycles. The van der Waals surface area contributed by atoms with Gasteiger partial charge in [-0.05, 0) is 6.42 Å². The molecule has 1 atom stereocenters. The highest BCUT2D eigenvalue weighted by Gasteiger charge is 2.07. The van der Waals surface area contributed by atoms with Crippen LogP contribution in [-0.4, -0.2) is 39.2 Å². The van der Waals surface area contributed by atoms with E-state index in [1.54, 1.807) is 0 Å². The van der Waals surface area contributed by atoms with Crippen LogP contribution in [0.3, 0.4) is 0 Å². The van der Waals surface area contributed by atoms with Crippen LogP contribution in [0.25, 0.3) is 0 Å². The average molecular weight is 224 g/mol. The molecule has 1 aromatic heterocycles. The molecule has 1 unspecified atom stereocenters. The molecule has 0 aliphatic carbocycles. The predicted molar refractivity (Wildman–Crippen MR) is 56.5 cm³/mol. The van der Waals surface area contributed by atoms with E-state index >= 15 is 0 Å². The molecule has 16 heavy (non-hydrogen) atoms. The maximum Gasteiger partial charge on any atom is 0.252 e. The summed E-state index contributed by atoms with van der Waals surface area (Å²) in [5.74, 6) is 0.110. The monoisotopic (exact) mass is 224 g/mol. The first kappa shape index (κ1) is 12.6. The van der Waals surface area contributed by atoms with Crippen molar-refractivity contribution in [1.82, 2.24) is 14.8 Å². The van der Waals surface area contributed by atoms with E-state index in [2.05, 4.69) is 17.0 Å². The fraction of sp³-hybridized carbons (Fsp3) is 0.700. The number of hydrogen-bond donors (Lipinski definition) is 1. The molecule has 6 heteroatoms. The first-order valence-electron chi connectivity index (χ1n) is 5.31. The molecule has 0 fully saturated rings. The van der Waals surface area contributed by atoms with Gasteiger partial charge in [0.15, 0.2) is 0 Å². The Hall–Kier alpha value is -1.45. The number of unbranched alkanes of at least 4 members (excludes halogenated alkanes) is 1. The SMILES string of the molecule is CCCCOCC(O)Cn1cnc(C#N)n1. The van der Waals surface area contributed by atoms with Crippen molar-refractivity contribution in [3.63, 3.8) is 0 Å². The molecule has 0 saturated heterocycles. The quantitative estimate of drug-likeness (QED) is 0.674. The van der Waals surface area contributed by atoms with Crippen LogP contribution in [0.4, 0.5) is 0 Å². The van der Waals surface area contributed by atoms with E-state index in [1.165, 1.54) is 11.0 Å². The van der Waals surface area contributed by atoms with Crippen LogP contribution in [0.15, 0.2) is 6.33 Å². The van der Waals surface area contributed by atoms with E-state index in [0.717, 1.165) is 12.8 Å². The molecule has 0 radical (unpaired) electrons. The number of hydrogen-bond acceptors (Lipinski definition) is 5. The third kappa shape index (κ3) is 4.38. The second kappa shape index (κ2) is 6.93. The molecule has 0 aliphatic rings. The van der Waals surface area contributed by atoms with E-state index in [9.17, 15) is 5.11 Å². The fourth-order valence-corrected chi connectivity index (χ4v) is 1.17. The lowest BCUT2D eigenvalue weighted by Gasteiger charge is -2.10. The van der Waals surface area contributed by atoms with Crippen molar-refractivity contribution in [3.05, 3.63) is 12.2 Å². The van der Waals surface area contributed by atoms with Gasteiger partial charge in [0.1, 0.15) is 12.4 Å². The lowest BCUT2D eigenvalue weighted by atomic mass is 10.3. The maximum atomic E-state index is 9.59. The predicted octanol–water partition coefficient (Wildman–Crippen LogP) is 0.327. The van der Waals surface area contributed by atoms with Gasteiger partial charge in [-0.3, -0.25) is 0 Å². The van der Waals surface area contributed by atoms with Crippen molar-refractivity contribution < 1.29 is 9.84 Å². The highest BCUT2D eigenvalue weighted by atomic mass is 16.5. The summed E-state index contributed by atoms with van der Waals surface area (Å²) in [4.78, 5) is 3.74. The van der Waals surface area contributed by atoms with Gasteiger partial charge in [-0.1, -0.05) is 13.3 Å². The Morgan fingerprint density at radius 3 is 3.12 bits per heavy atom. The van der Waals surface area contributed by atoms with E-state index in [4.69, 9.17) is 10.00 Å². The first-order chi connectivity index (χ1) is 7.76. The molecule has 6 nitrogen and oxygen atoms in total. The number of aliphatic hydroxyl groups excluding tert-OH is 1. The van der Waals surface area contributed by atoms with E-state index in [-0.39, 0.29) is 12.4 Å². The number of nitrogens with zero attached hydrogens (tertiary/aromatic N) is 4. The molecular formula is C10H16N4O2. The zero-order valence-corrected chi connectivity index (χ0v) is 9.33. The zero-order valence-electron chi connectivity index (χ0n) is 9.33. The summed E-state index contributed by atoms with van der Waals surface area (Å²) < 4.78 is 6.70. The van der Waals surface area contributed by atoms with E-state index in [0.29, 0.717) is 13.2 Å². The Bertz CT molecular complexity index is 345. The second-order valence-electron chi connectivity index (χ2n) is 3.48. The fourth-order valence-electron chi connectivity index (χ4n) is 1.17. The van der Waals surface area contributed by atoms with Crippen LogP contribution < -0.4 is 0 Å². The molecule has 1 aromatic rings. The van der Waals surface area contributed by atoms with Crippen molar-refractivity contribution in [1.29, 1.82) is 5.26 Å². The Balaban J connectivity index is 2.23. The summed E-state index contributed by atoms with van der Waals surface area (Å²) >= 11 is 0. The van der Waals surface area contributed by atoms with Gasteiger partial charge in [0.25, 0.3) is 5.82 Å². The minimum atomic E-state index is -0.620. The molecule has 1 rings (SSSR count). The first-order valence-corrected chi connectivity index (χ1v) is 5.31. The van der Waals surface area contributed by atoms with Crippen LogP contribution in [0.5, 0.6) is 0 Å². The van der Waals surface area contributed by atoms with Crippen LogP contribution >= 0.6 is 0 Å². The summed E-state index contributed by atoms with van der Waals surface area (Å²) in [6.07, 6.45) is 2.87. The molecule has 0 aromatic carbocycles. The van der Waals surface area contributed by atoms with Crippen LogP contribution in [0.1, 0.15) is 25.6 Å². The Labute approximate surface area is 94.5 Å². The molecule has 0 bridgehead atoms. The number of ether oxygens (including phenoxy) is 1. The molecule has 0 saturated carbocycles. The number of aromatic nitrogens is 3. The molecule has 0 amide bonds. The molecule has 1 heterocycles. The lowest BCUT2D eigenvalue weighted by molar-refractivity contribution is 0.0253. The maximum absolute atomic E-state index is 9.59. The lowest BCUT2D eigenvalue weighted by Crippen LogP contribution is -2.22. The third-order valence-corrected chi connectivity index (χ3v) is 1.99. The molecule has 0 spiro atoms. The van der Waals surface area contributed by atoms with Crippen molar-refractivity contribution in [2.45, 2.75) is 32.4 Å². The van der Waals surface area contributed by atoms with Crippen LogP contribution in [0.2, 0.25) is 0 Å². The highest BCUT2D eigenvalue weighted by molar-refractivity contribution is 5.05. The van der Waals surface area contributed by atoms with Crippen molar-refractivity contribution in [2.24, 2.45) is 0 Å². The third-order valence-electron chi connectivity index (χ3n) is 1.99. The average Bonchev–Trinajstić information content (AvgIpc) is 2.72. The smallest absolute Gasteiger partial charge is 0.252 e. The molecule has 88 valence electrons. The van der Waals surface area contributed by atoms with Gasteiger partial charge in [-0.15, -0.1) is 5.10 Å². The molecule has 1 N–H and O–H groups in total. The number of aliphatic hydroxyl groups is 1. The van der Waals surface area contributed by atoms with Crippen molar-refractivity contribution in [2.75, 3.05) is 13.2 Å². The Morgan fingerprint density at radius 1 is 1.69 bits per heavy atom. The van der Waals surface area contributed by atoms with Crippen molar-refractivity contribution in [3.8, 4) is 6.07 Å². The van der Waals surface area contributed by atoms with Crippen LogP contribution in [0, 0.1) is 11.3 Å². The summed E-state index contributed by atoms with van der Waals surface area (Å²) in [5.41, 5.74) is 0. The number of rotatable bonds is 7. The largest absolute Gasteiger partial charge is 0.389 e. The summed E-state index contributed by atoms with van der Waals surface area (Å²) in [7, 11) is 0. The van der Waals surface area contributed by atoms with Gasteiger partial charge < -0.3 is 9.84 Å². The minimum Gasteiger partial charge on any atom is -0.389 e. The summed E-state index contributed by atoms with van der Waals surface area (Å²) in [5, 5.41) is 21.9. The summed E-state index contributed by atoms with van der Waals surface area (Å²) in [6, 6.07) is 1.82. The van der Waals surface area contributed by atoms with E-state index in [1.807, 2.05) is 6.07 Å². The van der Waals surface area contributed by atoms with Gasteiger partial charge in [-0.25, -0.2) is 9.67 Å². The Morgan fingerprint density at radius 2 is 2.50 bits per heavy atom. The van der Waals surface area contributed by atoms with Gasteiger partial charge in [0.05, 0.1) is 19.3 Å². The number of nitriles is 1. The summed E-state index contributed by atoms with van der Waals surface area (Å²) in [6.45, 7) is 3.32. The topological polar surface area (TPSA) is 84.0 Å². The van der Waals surface area contributed by atoms with Gasteiger partial charge in [-0.2, -0.15) is 5.26 Å². The minimum absolute atomic E-state index is 0.110. The van der Waals surface area contributed by atoms with Gasteiger partial charge >= 0.3 is 0 Å². The van der Waals surface area contributed by atoms with Crippen molar-refractivity contribution >= 4 is 0 Å². The standard InChI is InChI=1S/C10H16N4O2/c1-2-3-4-16-7-9(15)6-14-8-12-10(5-11)13-14/h8-9,15H,2-4,6-7H2,1H3. The normalized spacial score (nSPS) is 12.3. The molecular weight excluding hydrogens is 208 g/mol. The highest BCUT2D eigenvalue weighted by Crippen LogP contribution is 1.95. The second-order valence-corrected chi connectivity index (χ2v) is 3.48. The van der Waals surface area contributed by atoms with Gasteiger partial charge in [0, 0.05) is 6.61 Å². The Kier molecular flexibility index (Phi) is 5.46. The zero-order chi connectivity index (χ0) is 11.8. The van der Waals surface area contributed by atoms with Crippen LogP contribution in [-0.2, 0) is 11.3 Å². The van der Waals surface area contributed by atoms with E-state index < -0.39 is 6.10 Å².